The van der Waals surface area contributed by atoms with Crippen LogP contribution in [0.25, 0.3) is 0 Å². The van der Waals surface area contributed by atoms with Crippen LogP contribution in [0.15, 0.2) is 42.5 Å². The third-order valence-corrected chi connectivity index (χ3v) is 4.57. The van der Waals surface area contributed by atoms with Crippen molar-refractivity contribution in [3.05, 3.63) is 64.2 Å². The van der Waals surface area contributed by atoms with Gasteiger partial charge in [-0.15, -0.1) is 0 Å². The molecule has 4 heteroatoms. The molecule has 3 rings (SSSR count). The average Bonchev–Trinajstić information content (AvgIpc) is 2.54. The predicted octanol–water partition coefficient (Wildman–Crippen LogP) is 3.92. The van der Waals surface area contributed by atoms with Crippen molar-refractivity contribution in [1.29, 1.82) is 0 Å². The topological polar surface area (TPSA) is 23.6 Å². The highest BCUT2D eigenvalue weighted by atomic mass is 35.5. The summed E-state index contributed by atoms with van der Waals surface area (Å²) in [5, 5.41) is 0.602. The molecule has 0 N–H and O–H groups in total. The van der Waals surface area contributed by atoms with Crippen LogP contribution in [0.5, 0.6) is 0 Å². The molecule has 1 amide bonds. The summed E-state index contributed by atoms with van der Waals surface area (Å²) in [7, 11) is 0. The van der Waals surface area contributed by atoms with Gasteiger partial charge < -0.3 is 9.80 Å². The maximum Gasteiger partial charge on any atom is 0.254 e. The van der Waals surface area contributed by atoms with Crippen molar-refractivity contribution < 1.29 is 4.79 Å². The number of hydrogen-bond acceptors (Lipinski definition) is 2. The lowest BCUT2D eigenvalue weighted by molar-refractivity contribution is 0.0747. The molecule has 1 aliphatic rings. The molecule has 0 aliphatic carbocycles. The van der Waals surface area contributed by atoms with Crippen molar-refractivity contribution in [3.8, 4) is 0 Å². The van der Waals surface area contributed by atoms with Crippen molar-refractivity contribution in [2.75, 3.05) is 31.1 Å². The summed E-state index contributed by atoms with van der Waals surface area (Å²) in [6.45, 7) is 7.44. The van der Waals surface area contributed by atoms with Crippen LogP contribution >= 0.6 is 11.6 Å². The van der Waals surface area contributed by atoms with E-state index in [1.54, 1.807) is 12.1 Å². The Kier molecular flexibility index (Phi) is 4.58. The third-order valence-electron chi connectivity index (χ3n) is 4.33. The normalized spacial score (nSPS) is 14.9. The van der Waals surface area contributed by atoms with Gasteiger partial charge >= 0.3 is 0 Å². The van der Waals surface area contributed by atoms with Gasteiger partial charge in [-0.2, -0.15) is 0 Å². The number of benzene rings is 2. The van der Waals surface area contributed by atoms with Crippen LogP contribution in [0.2, 0.25) is 5.02 Å². The first-order valence-electron chi connectivity index (χ1n) is 7.91. The first-order chi connectivity index (χ1) is 11.0. The Bertz CT molecular complexity index is 721. The lowest BCUT2D eigenvalue weighted by Gasteiger charge is -2.37. The smallest absolute Gasteiger partial charge is 0.254 e. The van der Waals surface area contributed by atoms with Crippen molar-refractivity contribution in [3.63, 3.8) is 0 Å². The van der Waals surface area contributed by atoms with E-state index in [2.05, 4.69) is 36.9 Å². The average molecular weight is 329 g/mol. The zero-order chi connectivity index (χ0) is 16.4. The molecule has 2 aromatic carbocycles. The molecule has 0 unspecified atom stereocenters. The van der Waals surface area contributed by atoms with Crippen LogP contribution in [-0.2, 0) is 0 Å². The molecule has 0 saturated carbocycles. The fourth-order valence-corrected chi connectivity index (χ4v) is 3.31. The van der Waals surface area contributed by atoms with Crippen molar-refractivity contribution in [1.82, 2.24) is 4.90 Å². The van der Waals surface area contributed by atoms with E-state index in [0.29, 0.717) is 10.6 Å². The van der Waals surface area contributed by atoms with E-state index >= 15 is 0 Å². The maximum atomic E-state index is 12.6. The van der Waals surface area contributed by atoms with E-state index in [1.165, 1.54) is 16.8 Å². The van der Waals surface area contributed by atoms with Crippen molar-refractivity contribution in [2.45, 2.75) is 13.8 Å². The van der Waals surface area contributed by atoms with Crippen LogP contribution < -0.4 is 4.90 Å². The van der Waals surface area contributed by atoms with E-state index in [9.17, 15) is 4.79 Å². The summed E-state index contributed by atoms with van der Waals surface area (Å²) in [5.74, 6) is 0.0628. The Hall–Kier alpha value is -2.00. The second-order valence-electron chi connectivity index (χ2n) is 6.08. The molecule has 0 spiro atoms. The number of carbonyl (C=O) groups excluding carboxylic acids is 1. The molecule has 120 valence electrons. The quantitative estimate of drug-likeness (QED) is 0.834. The van der Waals surface area contributed by atoms with E-state index in [-0.39, 0.29) is 5.91 Å². The molecule has 23 heavy (non-hydrogen) atoms. The van der Waals surface area contributed by atoms with Crippen LogP contribution in [0.1, 0.15) is 21.5 Å². The number of aryl methyl sites for hydroxylation is 2. The molecule has 3 nitrogen and oxygen atoms in total. The minimum atomic E-state index is 0.0628. The van der Waals surface area contributed by atoms with Gasteiger partial charge in [-0.05, 0) is 43.7 Å². The second kappa shape index (κ2) is 6.63. The summed E-state index contributed by atoms with van der Waals surface area (Å²) in [4.78, 5) is 16.8. The molecule has 1 fully saturated rings. The van der Waals surface area contributed by atoms with Gasteiger partial charge in [-0.3, -0.25) is 4.79 Å². The number of nitrogens with zero attached hydrogens (tertiary/aromatic N) is 2. The van der Waals surface area contributed by atoms with Crippen LogP contribution in [0.4, 0.5) is 5.69 Å². The van der Waals surface area contributed by atoms with Gasteiger partial charge in [0.05, 0.1) is 0 Å². The molecule has 1 aliphatic heterocycles. The van der Waals surface area contributed by atoms with Crippen LogP contribution in [0, 0.1) is 13.8 Å². The van der Waals surface area contributed by atoms with Crippen molar-refractivity contribution >= 4 is 23.2 Å². The summed E-state index contributed by atoms with van der Waals surface area (Å²) < 4.78 is 0. The molecule has 2 aromatic rings. The van der Waals surface area contributed by atoms with Crippen LogP contribution in [-0.4, -0.2) is 37.0 Å². The third kappa shape index (κ3) is 3.50. The number of halogens is 1. The largest absolute Gasteiger partial charge is 0.368 e. The first kappa shape index (κ1) is 15.9. The Morgan fingerprint density at radius 2 is 1.74 bits per heavy atom. The molecule has 1 saturated heterocycles. The Morgan fingerprint density at radius 3 is 2.39 bits per heavy atom. The van der Waals surface area contributed by atoms with E-state index in [0.717, 1.165) is 26.2 Å². The maximum absolute atomic E-state index is 12.6. The number of carbonyl (C=O) groups is 1. The SMILES string of the molecule is Cc1ccc(N2CCN(C(=O)c3cccc(Cl)c3)CC2)c(C)c1. The molecular weight excluding hydrogens is 308 g/mol. The minimum Gasteiger partial charge on any atom is -0.368 e. The Balaban J connectivity index is 1.67. The van der Waals surface area contributed by atoms with Crippen molar-refractivity contribution in [2.24, 2.45) is 0 Å². The molecular formula is C19H21ClN2O. The number of rotatable bonds is 2. The summed E-state index contributed by atoms with van der Waals surface area (Å²) in [6, 6.07) is 13.7. The highest BCUT2D eigenvalue weighted by molar-refractivity contribution is 6.30. The molecule has 1 heterocycles. The highest BCUT2D eigenvalue weighted by Crippen LogP contribution is 2.23. The summed E-state index contributed by atoms with van der Waals surface area (Å²) in [6.07, 6.45) is 0. The highest BCUT2D eigenvalue weighted by Gasteiger charge is 2.23. The number of piperazine rings is 1. The molecule has 0 aromatic heterocycles. The Labute approximate surface area is 142 Å². The fourth-order valence-electron chi connectivity index (χ4n) is 3.11. The van der Waals surface area contributed by atoms with Gasteiger partial charge in [-0.1, -0.05) is 35.4 Å². The number of amides is 1. The number of anilines is 1. The molecule has 0 bridgehead atoms. The first-order valence-corrected chi connectivity index (χ1v) is 8.29. The molecule has 0 radical (unpaired) electrons. The zero-order valence-corrected chi connectivity index (χ0v) is 14.3. The van der Waals surface area contributed by atoms with Gasteiger partial charge in [0.15, 0.2) is 0 Å². The van der Waals surface area contributed by atoms with Gasteiger partial charge in [0.1, 0.15) is 0 Å². The molecule has 0 atom stereocenters. The zero-order valence-electron chi connectivity index (χ0n) is 13.6. The van der Waals surface area contributed by atoms with Gasteiger partial charge in [0.25, 0.3) is 5.91 Å². The van der Waals surface area contributed by atoms with Gasteiger partial charge in [-0.25, -0.2) is 0 Å². The predicted molar refractivity (Wildman–Crippen MR) is 95.5 cm³/mol. The van der Waals surface area contributed by atoms with E-state index in [1.807, 2.05) is 17.0 Å². The van der Waals surface area contributed by atoms with Gasteiger partial charge in [0, 0.05) is 42.5 Å². The van der Waals surface area contributed by atoms with E-state index < -0.39 is 0 Å². The number of hydrogen-bond donors (Lipinski definition) is 0. The standard InChI is InChI=1S/C19H21ClN2O/c1-14-6-7-18(15(2)12-14)21-8-10-22(11-9-21)19(23)16-4-3-5-17(20)13-16/h3-7,12-13H,8-11H2,1-2H3. The Morgan fingerprint density at radius 1 is 1.00 bits per heavy atom. The van der Waals surface area contributed by atoms with E-state index in [4.69, 9.17) is 11.6 Å². The summed E-state index contributed by atoms with van der Waals surface area (Å²) >= 11 is 5.98. The monoisotopic (exact) mass is 328 g/mol. The minimum absolute atomic E-state index is 0.0628. The fraction of sp³-hybridized carbons (Fsp3) is 0.316. The van der Waals surface area contributed by atoms with Crippen LogP contribution in [0.3, 0.4) is 0 Å². The second-order valence-corrected chi connectivity index (χ2v) is 6.52. The van der Waals surface area contributed by atoms with Gasteiger partial charge in [0.2, 0.25) is 0 Å². The lowest BCUT2D eigenvalue weighted by Crippen LogP contribution is -2.49. The summed E-state index contributed by atoms with van der Waals surface area (Å²) in [5.41, 5.74) is 4.50. The lowest BCUT2D eigenvalue weighted by atomic mass is 10.1.